The van der Waals surface area contributed by atoms with Gasteiger partial charge in [0.15, 0.2) is 0 Å². The summed E-state index contributed by atoms with van der Waals surface area (Å²) < 4.78 is 2.12. The van der Waals surface area contributed by atoms with Gasteiger partial charge in [-0.1, -0.05) is 6.92 Å². The quantitative estimate of drug-likeness (QED) is 0.777. The number of imidazole rings is 1. The van der Waals surface area contributed by atoms with Crippen LogP contribution in [0, 0.1) is 6.92 Å². The first kappa shape index (κ1) is 10.1. The molecule has 0 fully saturated rings. The van der Waals surface area contributed by atoms with Crippen molar-refractivity contribution in [1.29, 1.82) is 0 Å². The van der Waals surface area contributed by atoms with Gasteiger partial charge in [-0.05, 0) is 27.2 Å². The molecule has 2 N–H and O–H groups in total. The van der Waals surface area contributed by atoms with Gasteiger partial charge in [0.2, 0.25) is 0 Å². The van der Waals surface area contributed by atoms with E-state index in [9.17, 15) is 0 Å². The first-order chi connectivity index (χ1) is 6.07. The number of nitrogen functional groups attached to an aromatic ring is 1. The van der Waals surface area contributed by atoms with E-state index in [1.165, 1.54) is 0 Å². The van der Waals surface area contributed by atoms with Crippen LogP contribution in [0.3, 0.4) is 0 Å². The Balaban J connectivity index is 3.11. The number of anilines is 1. The molecule has 0 aliphatic rings. The van der Waals surface area contributed by atoms with Gasteiger partial charge in [0.05, 0.1) is 5.69 Å². The molecule has 1 aromatic rings. The molecule has 1 heterocycles. The van der Waals surface area contributed by atoms with Crippen LogP contribution < -0.4 is 5.73 Å². The van der Waals surface area contributed by atoms with E-state index in [0.29, 0.717) is 6.04 Å². The Morgan fingerprint density at radius 2 is 2.08 bits per heavy atom. The minimum atomic E-state index is 0.405. The average molecular weight is 181 g/mol. The van der Waals surface area contributed by atoms with Crippen LogP contribution in [0.25, 0.3) is 0 Å². The van der Waals surface area contributed by atoms with E-state index in [1.807, 2.05) is 6.92 Å². The van der Waals surface area contributed by atoms with Crippen LogP contribution in [0.1, 0.15) is 44.8 Å². The van der Waals surface area contributed by atoms with Gasteiger partial charge >= 0.3 is 0 Å². The van der Waals surface area contributed by atoms with Gasteiger partial charge < -0.3 is 10.3 Å². The smallest absolute Gasteiger partial charge is 0.126 e. The van der Waals surface area contributed by atoms with Crippen LogP contribution in [0.15, 0.2) is 0 Å². The van der Waals surface area contributed by atoms with Crippen LogP contribution >= 0.6 is 0 Å². The van der Waals surface area contributed by atoms with Crippen molar-refractivity contribution in [2.75, 3.05) is 5.73 Å². The van der Waals surface area contributed by atoms with Gasteiger partial charge in [0.25, 0.3) is 0 Å². The Labute approximate surface area is 80.0 Å². The van der Waals surface area contributed by atoms with E-state index in [2.05, 4.69) is 30.3 Å². The Morgan fingerprint density at radius 3 is 2.54 bits per heavy atom. The highest BCUT2D eigenvalue weighted by atomic mass is 15.2. The lowest BCUT2D eigenvalue weighted by atomic mass is 10.3. The third-order valence-electron chi connectivity index (χ3n) is 2.20. The molecule has 0 unspecified atom stereocenters. The standard InChI is InChI=1S/C10H19N3/c1-5-6-9-12-8(4)10(11)13(9)7(2)3/h7H,5-6,11H2,1-4H3. The summed E-state index contributed by atoms with van der Waals surface area (Å²) in [4.78, 5) is 4.46. The Bertz CT molecular complexity index is 287. The van der Waals surface area contributed by atoms with E-state index in [4.69, 9.17) is 5.73 Å². The molecule has 3 heteroatoms. The zero-order valence-corrected chi connectivity index (χ0v) is 8.96. The maximum atomic E-state index is 5.94. The highest BCUT2D eigenvalue weighted by molar-refractivity contribution is 5.37. The average Bonchev–Trinajstić information content (AvgIpc) is 2.28. The molecule has 74 valence electrons. The molecule has 0 amide bonds. The third kappa shape index (κ3) is 1.85. The van der Waals surface area contributed by atoms with Crippen molar-refractivity contribution in [2.24, 2.45) is 0 Å². The van der Waals surface area contributed by atoms with Crippen molar-refractivity contribution in [3.63, 3.8) is 0 Å². The monoisotopic (exact) mass is 181 g/mol. The summed E-state index contributed by atoms with van der Waals surface area (Å²) in [7, 11) is 0. The van der Waals surface area contributed by atoms with E-state index in [1.54, 1.807) is 0 Å². The summed E-state index contributed by atoms with van der Waals surface area (Å²) in [5.41, 5.74) is 6.89. The number of rotatable bonds is 3. The van der Waals surface area contributed by atoms with Crippen molar-refractivity contribution in [3.05, 3.63) is 11.5 Å². The van der Waals surface area contributed by atoms with Crippen LogP contribution in [0.4, 0.5) is 5.82 Å². The molecule has 1 rings (SSSR count). The lowest BCUT2D eigenvalue weighted by Crippen LogP contribution is -2.09. The second-order valence-electron chi connectivity index (χ2n) is 3.71. The van der Waals surface area contributed by atoms with Crippen LogP contribution in [-0.2, 0) is 6.42 Å². The Hall–Kier alpha value is -0.990. The fraction of sp³-hybridized carbons (Fsp3) is 0.700. The number of aryl methyl sites for hydroxylation is 2. The molecule has 0 radical (unpaired) electrons. The minimum absolute atomic E-state index is 0.405. The number of nitrogens with two attached hydrogens (primary N) is 1. The first-order valence-electron chi connectivity index (χ1n) is 4.91. The molecule has 0 aliphatic heterocycles. The van der Waals surface area contributed by atoms with Gasteiger partial charge in [-0.25, -0.2) is 4.98 Å². The predicted molar refractivity (Wildman–Crippen MR) is 55.8 cm³/mol. The summed E-state index contributed by atoms with van der Waals surface area (Å²) in [5, 5.41) is 0. The fourth-order valence-electron chi connectivity index (χ4n) is 1.59. The number of nitrogens with zero attached hydrogens (tertiary/aromatic N) is 2. The molecule has 13 heavy (non-hydrogen) atoms. The molecule has 0 spiro atoms. The molecule has 0 saturated heterocycles. The zero-order valence-electron chi connectivity index (χ0n) is 8.96. The molecule has 3 nitrogen and oxygen atoms in total. The van der Waals surface area contributed by atoms with Crippen molar-refractivity contribution >= 4 is 5.82 Å². The maximum Gasteiger partial charge on any atom is 0.126 e. The lowest BCUT2D eigenvalue weighted by Gasteiger charge is -2.12. The lowest BCUT2D eigenvalue weighted by molar-refractivity contribution is 0.571. The Kier molecular flexibility index (Phi) is 2.96. The molecule has 0 aliphatic carbocycles. The Morgan fingerprint density at radius 1 is 1.46 bits per heavy atom. The number of hydrogen-bond acceptors (Lipinski definition) is 2. The molecule has 0 aromatic carbocycles. The van der Waals surface area contributed by atoms with Crippen LogP contribution in [-0.4, -0.2) is 9.55 Å². The van der Waals surface area contributed by atoms with Crippen molar-refractivity contribution in [2.45, 2.75) is 46.6 Å². The molecule has 0 bridgehead atoms. The van der Waals surface area contributed by atoms with Gasteiger partial charge in [-0.2, -0.15) is 0 Å². The van der Waals surface area contributed by atoms with E-state index >= 15 is 0 Å². The first-order valence-corrected chi connectivity index (χ1v) is 4.91. The normalized spacial score (nSPS) is 11.2. The summed E-state index contributed by atoms with van der Waals surface area (Å²) in [6.45, 7) is 8.39. The second kappa shape index (κ2) is 3.81. The van der Waals surface area contributed by atoms with E-state index in [-0.39, 0.29) is 0 Å². The van der Waals surface area contributed by atoms with E-state index in [0.717, 1.165) is 30.2 Å². The van der Waals surface area contributed by atoms with Crippen molar-refractivity contribution in [1.82, 2.24) is 9.55 Å². The predicted octanol–water partition coefficient (Wildman–Crippen LogP) is 2.31. The second-order valence-corrected chi connectivity index (χ2v) is 3.71. The minimum Gasteiger partial charge on any atom is -0.384 e. The van der Waals surface area contributed by atoms with E-state index < -0.39 is 0 Å². The topological polar surface area (TPSA) is 43.8 Å². The molecular weight excluding hydrogens is 162 g/mol. The van der Waals surface area contributed by atoms with Gasteiger partial charge in [0, 0.05) is 12.5 Å². The molecule has 0 atom stereocenters. The highest BCUT2D eigenvalue weighted by Gasteiger charge is 2.12. The van der Waals surface area contributed by atoms with Crippen molar-refractivity contribution < 1.29 is 0 Å². The SMILES string of the molecule is CCCc1nc(C)c(N)n1C(C)C. The summed E-state index contributed by atoms with van der Waals surface area (Å²) >= 11 is 0. The largest absolute Gasteiger partial charge is 0.384 e. The fourth-order valence-corrected chi connectivity index (χ4v) is 1.59. The molecule has 1 aromatic heterocycles. The summed E-state index contributed by atoms with van der Waals surface area (Å²) in [6, 6.07) is 0.405. The summed E-state index contributed by atoms with van der Waals surface area (Å²) in [5.74, 6) is 1.94. The van der Waals surface area contributed by atoms with Crippen LogP contribution in [0.2, 0.25) is 0 Å². The third-order valence-corrected chi connectivity index (χ3v) is 2.20. The molecular formula is C10H19N3. The zero-order chi connectivity index (χ0) is 10.0. The van der Waals surface area contributed by atoms with Gasteiger partial charge in [0.1, 0.15) is 11.6 Å². The maximum absolute atomic E-state index is 5.94. The summed E-state index contributed by atoms with van der Waals surface area (Å²) in [6.07, 6.45) is 2.12. The van der Waals surface area contributed by atoms with Crippen molar-refractivity contribution in [3.8, 4) is 0 Å². The highest BCUT2D eigenvalue weighted by Crippen LogP contribution is 2.20. The van der Waals surface area contributed by atoms with Gasteiger partial charge in [-0.15, -0.1) is 0 Å². The molecule has 0 saturated carbocycles. The van der Waals surface area contributed by atoms with Gasteiger partial charge in [-0.3, -0.25) is 0 Å². The van der Waals surface area contributed by atoms with Crippen LogP contribution in [0.5, 0.6) is 0 Å². The number of hydrogen-bond donors (Lipinski definition) is 1. The number of aromatic nitrogens is 2.